The molecule has 2 aliphatic heterocycles. The quantitative estimate of drug-likeness (QED) is 0.803. The third-order valence-corrected chi connectivity index (χ3v) is 4.45. The molecule has 0 aliphatic carbocycles. The summed E-state index contributed by atoms with van der Waals surface area (Å²) in [6.07, 6.45) is 7.40. The lowest BCUT2D eigenvalue weighted by atomic mass is 9.67. The molecule has 2 aliphatic rings. The summed E-state index contributed by atoms with van der Waals surface area (Å²) in [5.41, 5.74) is 0.457. The molecule has 0 spiro atoms. The summed E-state index contributed by atoms with van der Waals surface area (Å²) in [6.45, 7) is 5.71. The minimum Gasteiger partial charge on any atom is -0.460 e. The topological polar surface area (TPSA) is 48.4 Å². The maximum Gasteiger partial charge on any atom is 0.307 e. The zero-order valence-electron chi connectivity index (χ0n) is 13.0. The van der Waals surface area contributed by atoms with Crippen LogP contribution in [-0.2, 0) is 19.7 Å². The number of hydrogen-bond donors (Lipinski definition) is 0. The highest BCUT2D eigenvalue weighted by atomic mass is 16.6. The Hall–Kier alpha value is -1.42. The smallest absolute Gasteiger partial charge is 0.307 e. The fourth-order valence-corrected chi connectivity index (χ4v) is 3.71. The zero-order valence-corrected chi connectivity index (χ0v) is 13.0. The summed E-state index contributed by atoms with van der Waals surface area (Å²) < 4.78 is 11.6. The predicted octanol–water partition coefficient (Wildman–Crippen LogP) is 3.00. The molecule has 3 atom stereocenters. The normalized spacial score (nSPS) is 31.4. The molecule has 3 rings (SSSR count). The van der Waals surface area contributed by atoms with Gasteiger partial charge in [-0.05, 0) is 57.7 Å². The highest BCUT2D eigenvalue weighted by Gasteiger charge is 2.54. The van der Waals surface area contributed by atoms with Crippen LogP contribution < -0.4 is 0 Å². The molecule has 2 saturated heterocycles. The Morgan fingerprint density at radius 3 is 2.62 bits per heavy atom. The molecule has 0 radical (unpaired) electrons. The van der Waals surface area contributed by atoms with Gasteiger partial charge in [-0.2, -0.15) is 0 Å². The van der Waals surface area contributed by atoms with Gasteiger partial charge in [0.15, 0.2) is 0 Å². The molecule has 0 aromatic carbocycles. The number of fused-ring (bicyclic) bond motifs is 2. The van der Waals surface area contributed by atoms with Crippen molar-refractivity contribution in [2.45, 2.75) is 69.7 Å². The number of hydrogen-bond acceptors (Lipinski definition) is 4. The van der Waals surface area contributed by atoms with Crippen molar-refractivity contribution in [2.24, 2.45) is 0 Å². The van der Waals surface area contributed by atoms with E-state index in [2.05, 4.69) is 4.98 Å². The lowest BCUT2D eigenvalue weighted by Crippen LogP contribution is -2.40. The number of ether oxygens (including phenoxy) is 2. The molecular weight excluding hydrogens is 266 g/mol. The van der Waals surface area contributed by atoms with Crippen molar-refractivity contribution in [3.8, 4) is 0 Å². The number of pyridine rings is 1. The van der Waals surface area contributed by atoms with E-state index in [1.165, 1.54) is 0 Å². The highest BCUT2D eigenvalue weighted by molar-refractivity contribution is 5.72. The summed E-state index contributed by atoms with van der Waals surface area (Å²) >= 11 is 0. The molecule has 2 bridgehead atoms. The first-order chi connectivity index (χ1) is 9.89. The molecule has 0 unspecified atom stereocenters. The van der Waals surface area contributed by atoms with E-state index in [1.807, 2.05) is 32.9 Å². The number of aromatic nitrogens is 1. The molecule has 3 heterocycles. The molecule has 1 aromatic heterocycles. The summed E-state index contributed by atoms with van der Waals surface area (Å²) in [4.78, 5) is 16.5. The Balaban J connectivity index is 1.86. The molecular formula is C17H23NO3. The lowest BCUT2D eigenvalue weighted by Gasteiger charge is -2.35. The molecule has 21 heavy (non-hydrogen) atoms. The molecule has 0 saturated carbocycles. The van der Waals surface area contributed by atoms with Crippen molar-refractivity contribution in [1.29, 1.82) is 0 Å². The molecule has 1 aromatic rings. The van der Waals surface area contributed by atoms with Crippen molar-refractivity contribution in [3.63, 3.8) is 0 Å². The van der Waals surface area contributed by atoms with Gasteiger partial charge in [-0.1, -0.05) is 0 Å². The van der Waals surface area contributed by atoms with E-state index in [0.717, 1.165) is 24.8 Å². The van der Waals surface area contributed by atoms with Gasteiger partial charge in [-0.15, -0.1) is 0 Å². The van der Waals surface area contributed by atoms with Crippen LogP contribution in [0.2, 0.25) is 0 Å². The number of carbonyl (C=O) groups is 1. The Bertz CT molecular complexity index is 523. The predicted molar refractivity (Wildman–Crippen MR) is 78.9 cm³/mol. The first-order valence-electron chi connectivity index (χ1n) is 7.67. The van der Waals surface area contributed by atoms with E-state index in [4.69, 9.17) is 9.47 Å². The van der Waals surface area contributed by atoms with Crippen LogP contribution >= 0.6 is 0 Å². The second-order valence-corrected chi connectivity index (χ2v) is 7.18. The van der Waals surface area contributed by atoms with Crippen LogP contribution in [0.5, 0.6) is 0 Å². The van der Waals surface area contributed by atoms with Crippen LogP contribution in [0.1, 0.15) is 52.0 Å². The fourth-order valence-electron chi connectivity index (χ4n) is 3.71. The van der Waals surface area contributed by atoms with Crippen LogP contribution in [-0.4, -0.2) is 28.8 Å². The minimum absolute atomic E-state index is 0.123. The average molecular weight is 289 g/mol. The van der Waals surface area contributed by atoms with Gasteiger partial charge in [0.2, 0.25) is 0 Å². The Morgan fingerprint density at radius 2 is 2.10 bits per heavy atom. The van der Waals surface area contributed by atoms with E-state index < -0.39 is 5.60 Å². The maximum absolute atomic E-state index is 12.4. The van der Waals surface area contributed by atoms with Crippen LogP contribution in [0, 0.1) is 0 Å². The van der Waals surface area contributed by atoms with Crippen molar-refractivity contribution >= 4 is 5.97 Å². The highest BCUT2D eigenvalue weighted by Crippen LogP contribution is 2.51. The van der Waals surface area contributed by atoms with Crippen molar-refractivity contribution in [3.05, 3.63) is 30.1 Å². The minimum atomic E-state index is -0.449. The third kappa shape index (κ3) is 2.82. The van der Waals surface area contributed by atoms with Gasteiger partial charge in [-0.3, -0.25) is 9.78 Å². The zero-order chi connectivity index (χ0) is 15.1. The van der Waals surface area contributed by atoms with Crippen LogP contribution in [0.15, 0.2) is 24.5 Å². The SMILES string of the molecule is CC(C)(C)OC(=O)C[C@@]1(c2ccncc2)C[C@H]2CC[C@@H]1O2. The van der Waals surface area contributed by atoms with Gasteiger partial charge < -0.3 is 9.47 Å². The first kappa shape index (κ1) is 14.5. The molecule has 2 fully saturated rings. The third-order valence-electron chi connectivity index (χ3n) is 4.45. The van der Waals surface area contributed by atoms with E-state index in [0.29, 0.717) is 6.42 Å². The standard InChI is InChI=1S/C17H23NO3/c1-16(2,3)21-15(19)11-17(12-6-8-18-9-7-12)10-13-4-5-14(17)20-13/h6-9,13-14H,4-5,10-11H2,1-3H3/t13-,14+,17-/m1/s1. The van der Waals surface area contributed by atoms with Crippen molar-refractivity contribution in [2.75, 3.05) is 0 Å². The Morgan fingerprint density at radius 1 is 1.38 bits per heavy atom. The number of carbonyl (C=O) groups excluding carboxylic acids is 1. The summed E-state index contributed by atoms with van der Waals surface area (Å²) in [7, 11) is 0. The van der Waals surface area contributed by atoms with E-state index >= 15 is 0 Å². The second-order valence-electron chi connectivity index (χ2n) is 7.18. The summed E-state index contributed by atoms with van der Waals surface area (Å²) in [5, 5.41) is 0. The lowest BCUT2D eigenvalue weighted by molar-refractivity contribution is -0.157. The molecule has 4 nitrogen and oxygen atoms in total. The average Bonchev–Trinajstić information content (AvgIpc) is 2.98. The van der Waals surface area contributed by atoms with Crippen molar-refractivity contribution < 1.29 is 14.3 Å². The van der Waals surface area contributed by atoms with Crippen molar-refractivity contribution in [1.82, 2.24) is 4.98 Å². The maximum atomic E-state index is 12.4. The van der Waals surface area contributed by atoms with E-state index in [1.54, 1.807) is 12.4 Å². The molecule has 114 valence electrons. The number of esters is 1. The largest absolute Gasteiger partial charge is 0.460 e. The van der Waals surface area contributed by atoms with E-state index in [9.17, 15) is 4.79 Å². The van der Waals surface area contributed by atoms with Crippen LogP contribution in [0.4, 0.5) is 0 Å². The monoisotopic (exact) mass is 289 g/mol. The Kier molecular flexibility index (Phi) is 3.52. The van der Waals surface area contributed by atoms with Crippen LogP contribution in [0.25, 0.3) is 0 Å². The van der Waals surface area contributed by atoms with E-state index in [-0.39, 0.29) is 23.6 Å². The van der Waals surface area contributed by atoms with Gasteiger partial charge in [0.25, 0.3) is 0 Å². The molecule has 4 heteroatoms. The number of nitrogens with zero attached hydrogens (tertiary/aromatic N) is 1. The molecule has 0 N–H and O–H groups in total. The second kappa shape index (κ2) is 5.09. The van der Waals surface area contributed by atoms with Gasteiger partial charge >= 0.3 is 5.97 Å². The Labute approximate surface area is 125 Å². The van der Waals surface area contributed by atoms with Gasteiger partial charge in [0, 0.05) is 17.8 Å². The van der Waals surface area contributed by atoms with Gasteiger partial charge in [0.1, 0.15) is 5.60 Å². The van der Waals surface area contributed by atoms with Crippen LogP contribution in [0.3, 0.4) is 0 Å². The summed E-state index contributed by atoms with van der Waals surface area (Å²) in [6, 6.07) is 4.02. The van der Waals surface area contributed by atoms with Gasteiger partial charge in [-0.25, -0.2) is 0 Å². The first-order valence-corrected chi connectivity index (χ1v) is 7.67. The summed E-state index contributed by atoms with van der Waals surface area (Å²) in [5.74, 6) is -0.143. The van der Waals surface area contributed by atoms with Gasteiger partial charge in [0.05, 0.1) is 18.6 Å². The fraction of sp³-hybridized carbons (Fsp3) is 0.647. The molecule has 0 amide bonds. The number of rotatable bonds is 3.